The Balaban J connectivity index is 2.21. The van der Waals surface area contributed by atoms with Crippen molar-refractivity contribution in [1.82, 2.24) is 0 Å². The molecule has 3 aromatic rings. The minimum absolute atomic E-state index is 0.0676. The number of aryl methyl sites for hydroxylation is 4. The number of phenols is 3. The van der Waals surface area contributed by atoms with Gasteiger partial charge in [-0.15, -0.1) is 0 Å². The molecule has 0 spiro atoms. The quantitative estimate of drug-likeness (QED) is 0.308. The molecule has 0 aromatic heterocycles. The van der Waals surface area contributed by atoms with Crippen LogP contribution in [0.2, 0.25) is 0 Å². The minimum Gasteiger partial charge on any atom is -0.507 e. The van der Waals surface area contributed by atoms with Crippen LogP contribution >= 0.6 is 0 Å². The van der Waals surface area contributed by atoms with E-state index < -0.39 is 0 Å². The SMILES string of the molecule is Cc1cc(CCC(c2cc(C)c(O)c(C(C)(C)C)c2)c2cc(C)c(O)c(C(C)(C)C)c2)cc(C(C)(C)C)c1O. The lowest BCUT2D eigenvalue weighted by Crippen LogP contribution is -2.16. The van der Waals surface area contributed by atoms with Crippen LogP contribution in [0.25, 0.3) is 0 Å². The van der Waals surface area contributed by atoms with Crippen LogP contribution in [0, 0.1) is 20.8 Å². The molecule has 0 saturated carbocycles. The van der Waals surface area contributed by atoms with E-state index in [1.165, 1.54) is 16.7 Å². The van der Waals surface area contributed by atoms with E-state index >= 15 is 0 Å². The van der Waals surface area contributed by atoms with Gasteiger partial charge in [0.25, 0.3) is 0 Å². The van der Waals surface area contributed by atoms with E-state index in [9.17, 15) is 15.3 Å². The molecule has 0 aliphatic carbocycles. The predicted octanol–water partition coefficient (Wildman–Crippen LogP) is 9.39. The molecule has 0 atom stereocenters. The van der Waals surface area contributed by atoms with Crippen LogP contribution in [0.15, 0.2) is 36.4 Å². The first-order chi connectivity index (χ1) is 17.7. The summed E-state index contributed by atoms with van der Waals surface area (Å²) in [5, 5.41) is 32.7. The Morgan fingerprint density at radius 2 is 0.846 bits per heavy atom. The third-order valence-electron chi connectivity index (χ3n) is 7.96. The molecule has 3 rings (SSSR count). The fourth-order valence-electron chi connectivity index (χ4n) is 5.57. The van der Waals surface area contributed by atoms with Gasteiger partial charge in [0.1, 0.15) is 17.2 Å². The Hall–Kier alpha value is -2.94. The molecule has 39 heavy (non-hydrogen) atoms. The third kappa shape index (κ3) is 6.62. The smallest absolute Gasteiger partial charge is 0.122 e. The molecule has 0 radical (unpaired) electrons. The van der Waals surface area contributed by atoms with Gasteiger partial charge in [0, 0.05) is 5.92 Å². The van der Waals surface area contributed by atoms with Crippen molar-refractivity contribution in [2.45, 2.75) is 118 Å². The van der Waals surface area contributed by atoms with Crippen molar-refractivity contribution in [1.29, 1.82) is 0 Å². The molecule has 0 bridgehead atoms. The highest BCUT2D eigenvalue weighted by Crippen LogP contribution is 2.42. The van der Waals surface area contributed by atoms with E-state index in [-0.39, 0.29) is 22.2 Å². The summed E-state index contributed by atoms with van der Waals surface area (Å²) >= 11 is 0. The summed E-state index contributed by atoms with van der Waals surface area (Å²) in [5.74, 6) is 1.19. The van der Waals surface area contributed by atoms with E-state index in [1.54, 1.807) is 0 Å². The largest absolute Gasteiger partial charge is 0.507 e. The van der Waals surface area contributed by atoms with Crippen LogP contribution < -0.4 is 0 Å². The highest BCUT2D eigenvalue weighted by atomic mass is 16.3. The Morgan fingerprint density at radius 1 is 0.513 bits per heavy atom. The molecule has 3 nitrogen and oxygen atoms in total. The van der Waals surface area contributed by atoms with Crippen LogP contribution in [0.4, 0.5) is 0 Å². The molecule has 0 saturated heterocycles. The Morgan fingerprint density at radius 3 is 1.21 bits per heavy atom. The molecule has 3 N–H and O–H groups in total. The minimum atomic E-state index is -0.202. The molecule has 0 fully saturated rings. The molecule has 0 heterocycles. The van der Waals surface area contributed by atoms with Gasteiger partial charge in [0.15, 0.2) is 0 Å². The first-order valence-corrected chi connectivity index (χ1v) is 14.2. The lowest BCUT2D eigenvalue weighted by atomic mass is 9.77. The van der Waals surface area contributed by atoms with Gasteiger partial charge < -0.3 is 15.3 Å². The van der Waals surface area contributed by atoms with Crippen LogP contribution in [0.5, 0.6) is 17.2 Å². The standard InChI is InChI=1S/C36H50O3/c1-21-15-24(18-28(31(21)37)34(4,5)6)13-14-27(25-16-22(2)32(38)29(19-25)35(7,8)9)26-17-23(3)33(39)30(20-26)36(10,11)12/h15-20,27,37-39H,13-14H2,1-12H3. The second-order valence-electron chi connectivity index (χ2n) is 14.6. The van der Waals surface area contributed by atoms with E-state index in [2.05, 4.69) is 98.7 Å². The maximum atomic E-state index is 11.0. The van der Waals surface area contributed by atoms with E-state index in [1.807, 2.05) is 20.8 Å². The van der Waals surface area contributed by atoms with Gasteiger partial charge in [-0.05, 0) is 99.9 Å². The predicted molar refractivity (Wildman–Crippen MR) is 165 cm³/mol. The molecular formula is C36H50O3. The summed E-state index contributed by atoms with van der Waals surface area (Å²) in [6.07, 6.45) is 1.69. The maximum absolute atomic E-state index is 11.0. The van der Waals surface area contributed by atoms with Crippen molar-refractivity contribution in [2.75, 3.05) is 0 Å². The van der Waals surface area contributed by atoms with E-state index in [0.29, 0.717) is 17.2 Å². The molecular weight excluding hydrogens is 480 g/mol. The van der Waals surface area contributed by atoms with Gasteiger partial charge in [-0.3, -0.25) is 0 Å². The molecule has 3 heteroatoms. The summed E-state index contributed by atoms with van der Waals surface area (Å²) in [5.41, 5.74) is 8.52. The zero-order valence-electron chi connectivity index (χ0n) is 26.3. The third-order valence-corrected chi connectivity index (χ3v) is 7.96. The zero-order valence-corrected chi connectivity index (χ0v) is 26.3. The molecule has 3 aromatic carbocycles. The Kier molecular flexibility index (Phi) is 8.29. The molecule has 0 aliphatic heterocycles. The van der Waals surface area contributed by atoms with Crippen LogP contribution in [0.3, 0.4) is 0 Å². The number of phenolic OH excluding ortho intramolecular Hbond substituents is 3. The monoisotopic (exact) mass is 530 g/mol. The lowest BCUT2D eigenvalue weighted by Gasteiger charge is -2.28. The number of hydrogen-bond donors (Lipinski definition) is 3. The fraction of sp³-hybridized carbons (Fsp3) is 0.500. The van der Waals surface area contributed by atoms with Gasteiger partial charge in [-0.1, -0.05) is 98.7 Å². The maximum Gasteiger partial charge on any atom is 0.122 e. The van der Waals surface area contributed by atoms with Crippen LogP contribution in [-0.4, -0.2) is 15.3 Å². The first-order valence-electron chi connectivity index (χ1n) is 14.2. The highest BCUT2D eigenvalue weighted by molar-refractivity contribution is 5.53. The summed E-state index contributed by atoms with van der Waals surface area (Å²) in [6, 6.07) is 12.9. The summed E-state index contributed by atoms with van der Waals surface area (Å²) in [6.45, 7) is 25.1. The van der Waals surface area contributed by atoms with Gasteiger partial charge in [0.05, 0.1) is 0 Å². The molecule has 0 unspecified atom stereocenters. The molecule has 212 valence electrons. The summed E-state index contributed by atoms with van der Waals surface area (Å²) in [4.78, 5) is 0. The number of rotatable bonds is 5. The van der Waals surface area contributed by atoms with Crippen molar-refractivity contribution < 1.29 is 15.3 Å². The van der Waals surface area contributed by atoms with Crippen molar-refractivity contribution in [2.24, 2.45) is 0 Å². The van der Waals surface area contributed by atoms with Crippen LogP contribution in [-0.2, 0) is 22.7 Å². The molecule has 0 aliphatic rings. The summed E-state index contributed by atoms with van der Waals surface area (Å²) in [7, 11) is 0. The van der Waals surface area contributed by atoms with Crippen molar-refractivity contribution in [3.8, 4) is 17.2 Å². The van der Waals surface area contributed by atoms with Crippen molar-refractivity contribution in [3.05, 3.63) is 86.5 Å². The number of benzene rings is 3. The first kappa shape index (κ1) is 30.6. The van der Waals surface area contributed by atoms with Gasteiger partial charge in [-0.2, -0.15) is 0 Å². The van der Waals surface area contributed by atoms with Gasteiger partial charge >= 0.3 is 0 Å². The topological polar surface area (TPSA) is 60.7 Å². The highest BCUT2D eigenvalue weighted by Gasteiger charge is 2.27. The van der Waals surface area contributed by atoms with Gasteiger partial charge in [0.2, 0.25) is 0 Å². The van der Waals surface area contributed by atoms with Gasteiger partial charge in [-0.25, -0.2) is 0 Å². The van der Waals surface area contributed by atoms with E-state index in [0.717, 1.165) is 46.2 Å². The summed E-state index contributed by atoms with van der Waals surface area (Å²) < 4.78 is 0. The Bertz CT molecular complexity index is 1290. The van der Waals surface area contributed by atoms with E-state index in [4.69, 9.17) is 0 Å². The second-order valence-corrected chi connectivity index (χ2v) is 14.6. The molecule has 0 amide bonds. The second kappa shape index (κ2) is 10.6. The average Bonchev–Trinajstić information content (AvgIpc) is 2.77. The number of hydrogen-bond acceptors (Lipinski definition) is 3. The van der Waals surface area contributed by atoms with Crippen LogP contribution in [0.1, 0.15) is 125 Å². The zero-order chi connectivity index (χ0) is 29.7. The van der Waals surface area contributed by atoms with Crippen molar-refractivity contribution >= 4 is 0 Å². The fourth-order valence-corrected chi connectivity index (χ4v) is 5.57. The lowest BCUT2D eigenvalue weighted by molar-refractivity contribution is 0.441. The van der Waals surface area contributed by atoms with Crippen molar-refractivity contribution in [3.63, 3.8) is 0 Å². The Labute approximate surface area is 236 Å². The number of aromatic hydroxyl groups is 3. The normalized spacial score (nSPS) is 12.8. The average molecular weight is 531 g/mol.